The zero-order valence-electron chi connectivity index (χ0n) is 10.5. The van der Waals surface area contributed by atoms with Gasteiger partial charge in [-0.1, -0.05) is 23.5 Å². The fourth-order valence-corrected chi connectivity index (χ4v) is 2.93. The van der Waals surface area contributed by atoms with Crippen molar-refractivity contribution < 1.29 is 19.6 Å². The number of phenols is 2. The quantitative estimate of drug-likeness (QED) is 0.442. The highest BCUT2D eigenvalue weighted by atomic mass is 32.1. The Morgan fingerprint density at radius 3 is 2.70 bits per heavy atom. The summed E-state index contributed by atoms with van der Waals surface area (Å²) in [6, 6.07) is 12.0. The van der Waals surface area contributed by atoms with Crippen LogP contribution in [0.2, 0.25) is 0 Å². The fraction of sp³-hybridized carbons (Fsp3) is 0.0667. The molecule has 4 nitrogen and oxygen atoms in total. The molecular weight excluding hydrogens is 274 g/mol. The van der Waals surface area contributed by atoms with Gasteiger partial charge in [0.25, 0.3) is 0 Å². The van der Waals surface area contributed by atoms with Crippen LogP contribution in [-0.4, -0.2) is 16.0 Å². The average molecular weight is 286 g/mol. The monoisotopic (exact) mass is 286 g/mol. The number of aromatic hydroxyl groups is 2. The summed E-state index contributed by atoms with van der Waals surface area (Å²) >= 11 is 1.58. The summed E-state index contributed by atoms with van der Waals surface area (Å²) in [6.07, 6.45) is 0. The minimum Gasteiger partial charge on any atom is -0.504 e. The van der Waals surface area contributed by atoms with Gasteiger partial charge >= 0.3 is 0 Å². The standard InChI is InChI=1S/C15H11NO3S/c17-12-6-5-10(7-13(12)18)14(19)8-16-9-20-15-4-2-1-3-11(15)16/h1-7,9H,8H2,(H-,17,18,19)/p+1. The van der Waals surface area contributed by atoms with Crippen LogP contribution in [0.15, 0.2) is 48.0 Å². The molecule has 0 amide bonds. The third-order valence-electron chi connectivity index (χ3n) is 3.09. The molecule has 5 heteroatoms. The van der Waals surface area contributed by atoms with Crippen LogP contribution in [0.3, 0.4) is 0 Å². The Hall–Kier alpha value is -2.40. The van der Waals surface area contributed by atoms with E-state index in [2.05, 4.69) is 0 Å². The number of fused-ring (bicyclic) bond motifs is 1. The zero-order chi connectivity index (χ0) is 14.1. The molecule has 1 aromatic heterocycles. The van der Waals surface area contributed by atoms with Crippen LogP contribution in [0.5, 0.6) is 11.5 Å². The molecule has 0 bridgehead atoms. The topological polar surface area (TPSA) is 61.4 Å². The van der Waals surface area contributed by atoms with Crippen molar-refractivity contribution in [1.29, 1.82) is 0 Å². The molecule has 0 fully saturated rings. The molecular formula is C15H12NO3S+. The molecule has 0 aliphatic rings. The maximum absolute atomic E-state index is 12.2. The third kappa shape index (κ3) is 2.23. The second-order valence-corrected chi connectivity index (χ2v) is 5.33. The Balaban J connectivity index is 1.90. The van der Waals surface area contributed by atoms with E-state index in [1.54, 1.807) is 11.3 Å². The lowest BCUT2D eigenvalue weighted by atomic mass is 10.1. The highest BCUT2D eigenvalue weighted by molar-refractivity contribution is 7.16. The van der Waals surface area contributed by atoms with E-state index in [1.165, 1.54) is 18.2 Å². The van der Waals surface area contributed by atoms with Crippen molar-refractivity contribution in [2.45, 2.75) is 6.54 Å². The Morgan fingerprint density at radius 2 is 1.90 bits per heavy atom. The van der Waals surface area contributed by atoms with E-state index in [-0.39, 0.29) is 23.8 Å². The second-order valence-electron chi connectivity index (χ2n) is 4.45. The summed E-state index contributed by atoms with van der Waals surface area (Å²) in [6.45, 7) is 0.203. The van der Waals surface area contributed by atoms with E-state index >= 15 is 0 Å². The molecule has 0 aliphatic carbocycles. The molecule has 1 heterocycles. The molecule has 0 unspecified atom stereocenters. The molecule has 0 saturated heterocycles. The van der Waals surface area contributed by atoms with Crippen LogP contribution in [0.4, 0.5) is 0 Å². The van der Waals surface area contributed by atoms with E-state index in [0.29, 0.717) is 5.56 Å². The molecule has 100 valence electrons. The number of nitrogens with zero attached hydrogens (tertiary/aromatic N) is 1. The third-order valence-corrected chi connectivity index (χ3v) is 4.05. The van der Waals surface area contributed by atoms with Crippen molar-refractivity contribution in [3.05, 3.63) is 53.5 Å². The number of aromatic nitrogens is 1. The number of Topliss-reactive ketones (excluding diaryl/α,β-unsaturated/α-hetero) is 1. The number of hydrogen-bond acceptors (Lipinski definition) is 4. The zero-order valence-corrected chi connectivity index (χ0v) is 11.3. The highest BCUT2D eigenvalue weighted by Crippen LogP contribution is 2.25. The average Bonchev–Trinajstić information content (AvgIpc) is 2.85. The first-order valence-electron chi connectivity index (χ1n) is 6.06. The number of hydrogen-bond donors (Lipinski definition) is 2. The Labute approximate surface area is 119 Å². The summed E-state index contributed by atoms with van der Waals surface area (Å²) in [7, 11) is 0. The van der Waals surface area contributed by atoms with E-state index in [9.17, 15) is 15.0 Å². The first-order valence-corrected chi connectivity index (χ1v) is 6.94. The Bertz CT molecular complexity index is 795. The molecule has 2 N–H and O–H groups in total. The predicted molar refractivity (Wildman–Crippen MR) is 76.1 cm³/mol. The fourth-order valence-electron chi connectivity index (χ4n) is 2.04. The van der Waals surface area contributed by atoms with Gasteiger partial charge in [-0.25, -0.2) is 0 Å². The van der Waals surface area contributed by atoms with Crippen LogP contribution >= 0.6 is 11.3 Å². The van der Waals surface area contributed by atoms with E-state index < -0.39 is 0 Å². The first kappa shape index (κ1) is 12.6. The van der Waals surface area contributed by atoms with Crippen molar-refractivity contribution in [1.82, 2.24) is 0 Å². The molecule has 0 radical (unpaired) electrons. The van der Waals surface area contributed by atoms with Crippen molar-refractivity contribution in [3.63, 3.8) is 0 Å². The smallest absolute Gasteiger partial charge is 0.227 e. The van der Waals surface area contributed by atoms with Crippen molar-refractivity contribution in [2.24, 2.45) is 0 Å². The molecule has 0 aliphatic heterocycles. The van der Waals surface area contributed by atoms with E-state index in [1.807, 2.05) is 34.3 Å². The van der Waals surface area contributed by atoms with Gasteiger partial charge in [-0.15, -0.1) is 0 Å². The van der Waals surface area contributed by atoms with Crippen molar-refractivity contribution in [2.75, 3.05) is 0 Å². The number of ketones is 1. The van der Waals surface area contributed by atoms with E-state index in [4.69, 9.17) is 0 Å². The lowest BCUT2D eigenvalue weighted by Gasteiger charge is -2.00. The predicted octanol–water partition coefficient (Wildman–Crippen LogP) is 2.48. The van der Waals surface area contributed by atoms with Crippen LogP contribution in [0, 0.1) is 0 Å². The van der Waals surface area contributed by atoms with Gasteiger partial charge < -0.3 is 10.2 Å². The number of para-hydroxylation sites is 1. The molecule has 3 aromatic rings. The summed E-state index contributed by atoms with van der Waals surface area (Å²) < 4.78 is 3.00. The molecule has 0 spiro atoms. The largest absolute Gasteiger partial charge is 0.504 e. The molecule has 20 heavy (non-hydrogen) atoms. The summed E-state index contributed by atoms with van der Waals surface area (Å²) in [4.78, 5) is 12.2. The SMILES string of the molecule is O=C(C[n+]1csc2ccccc21)c1ccc(O)c(O)c1. The molecule has 0 saturated carbocycles. The lowest BCUT2D eigenvalue weighted by Crippen LogP contribution is -2.36. The van der Waals surface area contributed by atoms with Gasteiger partial charge in [-0.05, 0) is 24.3 Å². The summed E-state index contributed by atoms with van der Waals surface area (Å²) in [5, 5.41) is 18.7. The van der Waals surface area contributed by atoms with Gasteiger partial charge in [0, 0.05) is 11.6 Å². The summed E-state index contributed by atoms with van der Waals surface area (Å²) in [5.41, 5.74) is 3.29. The number of phenolic OH excluding ortho intramolecular Hbond substituents is 2. The number of carbonyl (C=O) groups is 1. The number of rotatable bonds is 3. The Kier molecular flexibility index (Phi) is 3.12. The van der Waals surface area contributed by atoms with Crippen LogP contribution in [0.25, 0.3) is 10.2 Å². The number of thiazole rings is 1. The van der Waals surface area contributed by atoms with Crippen LogP contribution < -0.4 is 4.57 Å². The maximum atomic E-state index is 12.2. The van der Waals surface area contributed by atoms with Gasteiger partial charge in [-0.2, -0.15) is 4.57 Å². The highest BCUT2D eigenvalue weighted by Gasteiger charge is 2.17. The van der Waals surface area contributed by atoms with Crippen molar-refractivity contribution >= 4 is 27.3 Å². The van der Waals surface area contributed by atoms with Gasteiger partial charge in [0.15, 0.2) is 11.5 Å². The summed E-state index contributed by atoms with van der Waals surface area (Å²) in [5.74, 6) is -0.625. The van der Waals surface area contributed by atoms with Gasteiger partial charge in [0.1, 0.15) is 4.70 Å². The molecule has 3 rings (SSSR count). The Morgan fingerprint density at radius 1 is 1.10 bits per heavy atom. The van der Waals surface area contributed by atoms with Gasteiger partial charge in [-0.3, -0.25) is 4.79 Å². The maximum Gasteiger partial charge on any atom is 0.227 e. The van der Waals surface area contributed by atoms with Crippen LogP contribution in [-0.2, 0) is 6.54 Å². The van der Waals surface area contributed by atoms with Gasteiger partial charge in [0.05, 0.1) is 0 Å². The van der Waals surface area contributed by atoms with Gasteiger partial charge in [0.2, 0.25) is 23.4 Å². The normalized spacial score (nSPS) is 10.8. The minimum absolute atomic E-state index is 0.117. The lowest BCUT2D eigenvalue weighted by molar-refractivity contribution is -0.652. The first-order chi connectivity index (χ1) is 9.65. The molecule has 0 atom stereocenters. The van der Waals surface area contributed by atoms with Crippen LogP contribution in [0.1, 0.15) is 10.4 Å². The van der Waals surface area contributed by atoms with Crippen molar-refractivity contribution in [3.8, 4) is 11.5 Å². The van der Waals surface area contributed by atoms with E-state index in [0.717, 1.165) is 10.2 Å². The number of benzene rings is 2. The minimum atomic E-state index is -0.281. The second kappa shape index (κ2) is 4.94. The number of carbonyl (C=O) groups excluding carboxylic acids is 1. The molecule has 2 aromatic carbocycles.